The van der Waals surface area contributed by atoms with Crippen LogP contribution in [0.2, 0.25) is 0 Å². The summed E-state index contributed by atoms with van der Waals surface area (Å²) in [5.41, 5.74) is 0.981. The van der Waals surface area contributed by atoms with Gasteiger partial charge in [0, 0.05) is 59.7 Å². The first-order valence-electron chi connectivity index (χ1n) is 7.37. The Bertz CT molecular complexity index is 624. The minimum absolute atomic E-state index is 0.0512. The lowest BCUT2D eigenvalue weighted by molar-refractivity contribution is -0.130. The zero-order chi connectivity index (χ0) is 16.3. The number of aryl methyl sites for hydroxylation is 1. The average Bonchev–Trinajstić information content (AvgIpc) is 2.72. The zero-order valence-corrected chi connectivity index (χ0v) is 14.2. The van der Waals surface area contributed by atoms with Crippen molar-refractivity contribution in [2.75, 3.05) is 40.3 Å². The molecule has 0 spiro atoms. The Morgan fingerprint density at radius 3 is 2.55 bits per heavy atom. The Balaban J connectivity index is 1.96. The maximum Gasteiger partial charge on any atom is 0.281 e. The molecule has 8 heteroatoms. The SMILES string of the molecule is CN(C)S(=O)(=O)N1CCCN(C(=O)Cc2ccn(C)c2)CC1. The molecule has 7 nitrogen and oxygen atoms in total. The lowest BCUT2D eigenvalue weighted by Gasteiger charge is -2.24. The van der Waals surface area contributed by atoms with E-state index >= 15 is 0 Å². The number of rotatable bonds is 4. The van der Waals surface area contributed by atoms with Crippen molar-refractivity contribution in [2.45, 2.75) is 12.8 Å². The molecule has 124 valence electrons. The van der Waals surface area contributed by atoms with Crippen molar-refractivity contribution in [1.29, 1.82) is 0 Å². The van der Waals surface area contributed by atoms with Crippen LogP contribution in [0.5, 0.6) is 0 Å². The molecule has 1 aromatic rings. The molecule has 0 atom stereocenters. The van der Waals surface area contributed by atoms with E-state index in [-0.39, 0.29) is 5.91 Å². The van der Waals surface area contributed by atoms with Gasteiger partial charge in [-0.15, -0.1) is 0 Å². The Morgan fingerprint density at radius 1 is 1.23 bits per heavy atom. The second-order valence-corrected chi connectivity index (χ2v) is 7.93. The summed E-state index contributed by atoms with van der Waals surface area (Å²) in [5.74, 6) is 0.0512. The van der Waals surface area contributed by atoms with Crippen LogP contribution in [0.4, 0.5) is 0 Å². The number of carbonyl (C=O) groups is 1. The fourth-order valence-electron chi connectivity index (χ4n) is 2.56. The second-order valence-electron chi connectivity index (χ2n) is 5.79. The summed E-state index contributed by atoms with van der Waals surface area (Å²) in [6, 6.07) is 1.93. The maximum atomic E-state index is 12.4. The smallest absolute Gasteiger partial charge is 0.281 e. The van der Waals surface area contributed by atoms with Gasteiger partial charge in [0.15, 0.2) is 0 Å². The van der Waals surface area contributed by atoms with Crippen LogP contribution in [0, 0.1) is 0 Å². The highest BCUT2D eigenvalue weighted by atomic mass is 32.2. The van der Waals surface area contributed by atoms with E-state index < -0.39 is 10.2 Å². The van der Waals surface area contributed by atoms with Crippen molar-refractivity contribution in [3.63, 3.8) is 0 Å². The highest BCUT2D eigenvalue weighted by Gasteiger charge is 2.28. The van der Waals surface area contributed by atoms with Crippen LogP contribution in [0.15, 0.2) is 18.5 Å². The molecular weight excluding hydrogens is 304 g/mol. The summed E-state index contributed by atoms with van der Waals surface area (Å²) < 4.78 is 28.9. The lowest BCUT2D eigenvalue weighted by Crippen LogP contribution is -2.42. The van der Waals surface area contributed by atoms with Crippen molar-refractivity contribution in [2.24, 2.45) is 7.05 Å². The molecule has 1 aromatic heterocycles. The van der Waals surface area contributed by atoms with E-state index in [0.717, 1.165) is 5.56 Å². The molecule has 1 aliphatic heterocycles. The molecule has 0 unspecified atom stereocenters. The van der Waals surface area contributed by atoms with E-state index in [1.54, 1.807) is 4.90 Å². The fraction of sp³-hybridized carbons (Fsp3) is 0.643. The molecule has 0 saturated carbocycles. The molecule has 22 heavy (non-hydrogen) atoms. The van der Waals surface area contributed by atoms with Crippen molar-refractivity contribution in [3.05, 3.63) is 24.0 Å². The van der Waals surface area contributed by atoms with E-state index in [4.69, 9.17) is 0 Å². The highest BCUT2D eigenvalue weighted by Crippen LogP contribution is 2.12. The van der Waals surface area contributed by atoms with Gasteiger partial charge >= 0.3 is 0 Å². The molecule has 0 bridgehead atoms. The highest BCUT2D eigenvalue weighted by molar-refractivity contribution is 7.86. The zero-order valence-electron chi connectivity index (χ0n) is 13.4. The molecular formula is C14H24N4O3S. The van der Waals surface area contributed by atoms with Gasteiger partial charge in [0.1, 0.15) is 0 Å². The molecule has 1 fully saturated rings. The maximum absolute atomic E-state index is 12.4. The Kier molecular flexibility index (Phi) is 5.25. The van der Waals surface area contributed by atoms with Crippen LogP contribution < -0.4 is 0 Å². The molecule has 2 rings (SSSR count). The molecule has 0 radical (unpaired) electrons. The van der Waals surface area contributed by atoms with Gasteiger partial charge in [-0.3, -0.25) is 4.79 Å². The van der Waals surface area contributed by atoms with Gasteiger partial charge in [0.05, 0.1) is 6.42 Å². The van der Waals surface area contributed by atoms with Gasteiger partial charge in [0.2, 0.25) is 5.91 Å². The topological polar surface area (TPSA) is 65.9 Å². The van der Waals surface area contributed by atoms with E-state index in [0.29, 0.717) is 39.0 Å². The van der Waals surface area contributed by atoms with Gasteiger partial charge in [-0.1, -0.05) is 0 Å². The number of amides is 1. The first-order valence-corrected chi connectivity index (χ1v) is 8.76. The van der Waals surface area contributed by atoms with E-state index in [1.807, 2.05) is 30.1 Å². The monoisotopic (exact) mass is 328 g/mol. The third-order valence-corrected chi connectivity index (χ3v) is 5.78. The number of nitrogens with zero attached hydrogens (tertiary/aromatic N) is 4. The molecule has 1 aliphatic rings. The fourth-order valence-corrected chi connectivity index (χ4v) is 3.69. The number of hydrogen-bond acceptors (Lipinski definition) is 3. The first kappa shape index (κ1) is 17.0. The Labute approximate surface area is 132 Å². The largest absolute Gasteiger partial charge is 0.357 e. The van der Waals surface area contributed by atoms with Gasteiger partial charge in [-0.2, -0.15) is 17.0 Å². The summed E-state index contributed by atoms with van der Waals surface area (Å²) in [6.45, 7) is 1.85. The van der Waals surface area contributed by atoms with Crippen LogP contribution >= 0.6 is 0 Å². The normalized spacial score (nSPS) is 17.7. The van der Waals surface area contributed by atoms with Crippen molar-refractivity contribution in [1.82, 2.24) is 18.1 Å². The second kappa shape index (κ2) is 6.80. The van der Waals surface area contributed by atoms with Crippen molar-refractivity contribution in [3.8, 4) is 0 Å². The summed E-state index contributed by atoms with van der Waals surface area (Å²) in [7, 11) is 1.57. The first-order chi connectivity index (χ1) is 10.3. The summed E-state index contributed by atoms with van der Waals surface area (Å²) in [4.78, 5) is 14.1. The third-order valence-electron chi connectivity index (χ3n) is 3.84. The van der Waals surface area contributed by atoms with Crippen LogP contribution in [0.1, 0.15) is 12.0 Å². The van der Waals surface area contributed by atoms with Gasteiger partial charge in [-0.25, -0.2) is 0 Å². The number of carbonyl (C=O) groups excluding carboxylic acids is 1. The number of aromatic nitrogens is 1. The van der Waals surface area contributed by atoms with Gasteiger partial charge in [-0.05, 0) is 18.1 Å². The quantitative estimate of drug-likeness (QED) is 0.776. The minimum atomic E-state index is -3.40. The number of hydrogen-bond donors (Lipinski definition) is 0. The molecule has 0 N–H and O–H groups in total. The van der Waals surface area contributed by atoms with E-state index in [2.05, 4.69) is 0 Å². The Hall–Kier alpha value is -1.38. The minimum Gasteiger partial charge on any atom is -0.357 e. The van der Waals surface area contributed by atoms with Crippen LogP contribution in [0.25, 0.3) is 0 Å². The molecule has 1 saturated heterocycles. The average molecular weight is 328 g/mol. The van der Waals surface area contributed by atoms with Crippen LogP contribution in [-0.2, 0) is 28.5 Å². The van der Waals surface area contributed by atoms with Crippen LogP contribution in [-0.4, -0.2) is 72.7 Å². The van der Waals surface area contributed by atoms with Gasteiger partial charge in [0.25, 0.3) is 10.2 Å². The van der Waals surface area contributed by atoms with E-state index in [1.165, 1.54) is 22.7 Å². The third kappa shape index (κ3) is 3.88. The van der Waals surface area contributed by atoms with Crippen LogP contribution in [0.3, 0.4) is 0 Å². The predicted molar refractivity (Wildman–Crippen MR) is 84.5 cm³/mol. The Morgan fingerprint density at radius 2 is 1.95 bits per heavy atom. The molecule has 0 aromatic carbocycles. The van der Waals surface area contributed by atoms with E-state index in [9.17, 15) is 13.2 Å². The lowest BCUT2D eigenvalue weighted by atomic mass is 10.2. The standard InChI is InChI=1S/C14H24N4O3S/c1-15(2)22(20,21)18-7-4-6-17(9-10-18)14(19)11-13-5-8-16(3)12-13/h5,8,12H,4,6-7,9-11H2,1-3H3. The molecule has 1 amide bonds. The summed E-state index contributed by atoms with van der Waals surface area (Å²) in [6.07, 6.45) is 4.86. The molecule has 0 aliphatic carbocycles. The summed E-state index contributed by atoms with van der Waals surface area (Å²) >= 11 is 0. The predicted octanol–water partition coefficient (Wildman–Crippen LogP) is -0.0917. The molecule has 2 heterocycles. The van der Waals surface area contributed by atoms with Crippen molar-refractivity contribution >= 4 is 16.1 Å². The van der Waals surface area contributed by atoms with Gasteiger partial charge < -0.3 is 9.47 Å². The van der Waals surface area contributed by atoms with Crippen molar-refractivity contribution < 1.29 is 13.2 Å². The summed E-state index contributed by atoms with van der Waals surface area (Å²) in [5, 5.41) is 0.